The average Bonchev–Trinajstić information content (AvgIpc) is 3.48. The molecule has 1 saturated heterocycles. The lowest BCUT2D eigenvalue weighted by molar-refractivity contribution is -0.144. The lowest BCUT2D eigenvalue weighted by atomic mass is 9.95. The molecule has 1 aliphatic heterocycles. The number of benzene rings is 1. The number of aromatic nitrogens is 3. The maximum atomic E-state index is 12.3. The lowest BCUT2D eigenvalue weighted by Gasteiger charge is -2.16. The van der Waals surface area contributed by atoms with Crippen LogP contribution in [0.25, 0.3) is 16.9 Å². The summed E-state index contributed by atoms with van der Waals surface area (Å²) in [7, 11) is 1.65. The molecule has 160 valence electrons. The third-order valence-electron chi connectivity index (χ3n) is 6.23. The van der Waals surface area contributed by atoms with Crippen molar-refractivity contribution < 1.29 is 19.2 Å². The molecule has 0 bridgehead atoms. The van der Waals surface area contributed by atoms with E-state index in [1.54, 1.807) is 17.8 Å². The molecule has 3 heterocycles. The Hall–Kier alpha value is -3.46. The summed E-state index contributed by atoms with van der Waals surface area (Å²) in [4.78, 5) is 25.7. The summed E-state index contributed by atoms with van der Waals surface area (Å²) in [5, 5.41) is 19.4. The van der Waals surface area contributed by atoms with Crippen LogP contribution in [0.5, 0.6) is 0 Å². The number of aliphatic hydroxyl groups is 1. The van der Waals surface area contributed by atoms with Crippen molar-refractivity contribution in [3.8, 4) is 16.9 Å². The summed E-state index contributed by atoms with van der Waals surface area (Å²) >= 11 is 0. The van der Waals surface area contributed by atoms with Gasteiger partial charge in [0.05, 0.1) is 5.69 Å². The second-order valence-corrected chi connectivity index (χ2v) is 8.22. The first-order valence-corrected chi connectivity index (χ1v) is 10.3. The van der Waals surface area contributed by atoms with E-state index in [2.05, 4.69) is 10.3 Å². The molecule has 3 N–H and O–H groups in total. The van der Waals surface area contributed by atoms with Gasteiger partial charge in [-0.25, -0.2) is 4.68 Å². The molecule has 9 heteroatoms. The van der Waals surface area contributed by atoms with Crippen LogP contribution in [0.2, 0.25) is 0 Å². The van der Waals surface area contributed by atoms with Gasteiger partial charge in [0.1, 0.15) is 5.69 Å². The van der Waals surface area contributed by atoms with E-state index < -0.39 is 17.4 Å². The monoisotopic (exact) mass is 421 g/mol. The van der Waals surface area contributed by atoms with E-state index in [0.29, 0.717) is 17.9 Å². The van der Waals surface area contributed by atoms with Gasteiger partial charge in [-0.3, -0.25) is 9.59 Å². The molecule has 1 fully saturated rings. The van der Waals surface area contributed by atoms with Gasteiger partial charge in [-0.05, 0) is 37.8 Å². The molecule has 0 saturated carbocycles. The number of carbonyl (C=O) groups is 2. The number of likely N-dealkylation sites (N-methyl/N-ethyl adjacent to an activating group) is 1. The minimum atomic E-state index is -1.69. The Kier molecular flexibility index (Phi) is 4.44. The fraction of sp³-hybridized carbons (Fsp3) is 0.364. The van der Waals surface area contributed by atoms with Crippen LogP contribution < -0.4 is 5.73 Å². The van der Waals surface area contributed by atoms with Gasteiger partial charge in [0.2, 0.25) is 5.60 Å². The van der Waals surface area contributed by atoms with Gasteiger partial charge in [-0.2, -0.15) is 5.10 Å². The minimum absolute atomic E-state index is 0.134. The highest BCUT2D eigenvalue weighted by molar-refractivity contribution is 5.92. The molecule has 1 aromatic carbocycles. The van der Waals surface area contributed by atoms with Gasteiger partial charge in [-0.15, -0.1) is 0 Å². The first-order valence-electron chi connectivity index (χ1n) is 10.3. The molecule has 0 spiro atoms. The molecule has 9 nitrogen and oxygen atoms in total. The zero-order valence-corrected chi connectivity index (χ0v) is 17.2. The number of likely N-dealkylation sites (tertiary alicyclic amines) is 1. The molecule has 2 amide bonds. The van der Waals surface area contributed by atoms with Crippen LogP contribution in [0.15, 0.2) is 34.9 Å². The quantitative estimate of drug-likeness (QED) is 0.658. The van der Waals surface area contributed by atoms with E-state index in [1.807, 2.05) is 24.3 Å². The fourth-order valence-corrected chi connectivity index (χ4v) is 4.50. The van der Waals surface area contributed by atoms with Crippen molar-refractivity contribution in [1.82, 2.24) is 19.8 Å². The highest BCUT2D eigenvalue weighted by Gasteiger charge is 2.48. The molecule has 2 aromatic heterocycles. The van der Waals surface area contributed by atoms with Crippen LogP contribution in [0.1, 0.15) is 46.8 Å². The van der Waals surface area contributed by atoms with E-state index in [4.69, 9.17) is 10.3 Å². The van der Waals surface area contributed by atoms with Crippen LogP contribution in [-0.2, 0) is 23.2 Å². The highest BCUT2D eigenvalue weighted by Crippen LogP contribution is 2.35. The van der Waals surface area contributed by atoms with Crippen molar-refractivity contribution >= 4 is 11.8 Å². The Morgan fingerprint density at radius 3 is 2.81 bits per heavy atom. The van der Waals surface area contributed by atoms with Crippen molar-refractivity contribution in [3.05, 3.63) is 53.0 Å². The van der Waals surface area contributed by atoms with E-state index in [0.717, 1.165) is 48.2 Å². The summed E-state index contributed by atoms with van der Waals surface area (Å²) in [6.07, 6.45) is 3.92. The number of primary amides is 1. The second kappa shape index (κ2) is 7.05. The van der Waals surface area contributed by atoms with Crippen molar-refractivity contribution in [1.29, 1.82) is 0 Å². The molecule has 0 radical (unpaired) electrons. The first-order chi connectivity index (χ1) is 14.9. The summed E-state index contributed by atoms with van der Waals surface area (Å²) in [6.45, 7) is 0.452. The number of rotatable bonds is 4. The largest absolute Gasteiger partial charge is 0.373 e. The van der Waals surface area contributed by atoms with Gasteiger partial charge in [0, 0.05) is 42.9 Å². The van der Waals surface area contributed by atoms with Gasteiger partial charge in [0.15, 0.2) is 11.5 Å². The van der Waals surface area contributed by atoms with Crippen molar-refractivity contribution in [2.75, 3.05) is 13.6 Å². The molecule has 31 heavy (non-hydrogen) atoms. The average molecular weight is 421 g/mol. The number of nitrogens with two attached hydrogens (primary N) is 1. The Bertz CT molecular complexity index is 1200. The Morgan fingerprint density at radius 1 is 1.26 bits per heavy atom. The zero-order chi connectivity index (χ0) is 21.8. The van der Waals surface area contributed by atoms with E-state index in [-0.39, 0.29) is 12.2 Å². The lowest BCUT2D eigenvalue weighted by Crippen LogP contribution is -2.35. The molecule has 3 aromatic rings. The number of fused-ring (bicyclic) bond motifs is 1. The van der Waals surface area contributed by atoms with Crippen LogP contribution in [0, 0.1) is 0 Å². The molecule has 5 rings (SSSR count). The zero-order valence-electron chi connectivity index (χ0n) is 17.2. The third kappa shape index (κ3) is 3.04. The smallest absolute Gasteiger partial charge is 0.269 e. The van der Waals surface area contributed by atoms with E-state index in [1.165, 1.54) is 4.90 Å². The Morgan fingerprint density at radius 2 is 2.06 bits per heavy atom. The summed E-state index contributed by atoms with van der Waals surface area (Å²) in [5.74, 6) is -0.783. The van der Waals surface area contributed by atoms with Crippen molar-refractivity contribution in [3.63, 3.8) is 0 Å². The summed E-state index contributed by atoms with van der Waals surface area (Å²) < 4.78 is 7.15. The van der Waals surface area contributed by atoms with Crippen LogP contribution in [0.4, 0.5) is 0 Å². The standard InChI is InChI=1S/C22H23N5O4/c1-26-10-9-22(30,21(26)29)18-12-16(25-31-18)13-5-4-6-14(11-13)27-17-8-3-2-7-15(17)19(24-27)20(23)28/h4-6,11-12,30H,2-3,7-10H2,1H3,(H2,23,28)/t22-/m1/s1. The molecule has 2 aliphatic rings. The van der Waals surface area contributed by atoms with Gasteiger partial charge in [0.25, 0.3) is 11.8 Å². The normalized spacial score (nSPS) is 20.8. The predicted octanol–water partition coefficient (Wildman–Crippen LogP) is 1.55. The number of carbonyl (C=O) groups excluding carboxylic acids is 2. The maximum absolute atomic E-state index is 12.3. The fourth-order valence-electron chi connectivity index (χ4n) is 4.50. The van der Waals surface area contributed by atoms with Gasteiger partial charge >= 0.3 is 0 Å². The molecule has 1 aliphatic carbocycles. The van der Waals surface area contributed by atoms with Crippen LogP contribution in [0.3, 0.4) is 0 Å². The van der Waals surface area contributed by atoms with Crippen LogP contribution >= 0.6 is 0 Å². The minimum Gasteiger partial charge on any atom is -0.373 e. The predicted molar refractivity (Wildman–Crippen MR) is 110 cm³/mol. The van der Waals surface area contributed by atoms with Crippen molar-refractivity contribution in [2.24, 2.45) is 5.73 Å². The van der Waals surface area contributed by atoms with Crippen LogP contribution in [-0.4, -0.2) is 50.4 Å². The molecule has 1 atom stereocenters. The summed E-state index contributed by atoms with van der Waals surface area (Å²) in [5.41, 5.74) is 8.16. The number of nitrogens with zero attached hydrogens (tertiary/aromatic N) is 4. The van der Waals surface area contributed by atoms with E-state index >= 15 is 0 Å². The molecular formula is C22H23N5O4. The molecular weight excluding hydrogens is 398 g/mol. The van der Waals surface area contributed by atoms with Gasteiger partial charge < -0.3 is 20.3 Å². The molecule has 0 unspecified atom stereocenters. The number of amides is 2. The topological polar surface area (TPSA) is 127 Å². The number of hydrogen-bond acceptors (Lipinski definition) is 6. The second-order valence-electron chi connectivity index (χ2n) is 8.22. The van der Waals surface area contributed by atoms with Crippen molar-refractivity contribution in [2.45, 2.75) is 37.7 Å². The maximum Gasteiger partial charge on any atom is 0.269 e. The Balaban J connectivity index is 1.52. The summed E-state index contributed by atoms with van der Waals surface area (Å²) in [6, 6.07) is 9.12. The SMILES string of the molecule is CN1CC[C@@](O)(c2cc(-c3cccc(-n4nc(C(N)=O)c5c4CCCC5)c3)no2)C1=O. The highest BCUT2D eigenvalue weighted by atomic mass is 16.5. The first kappa shape index (κ1) is 19.5. The van der Waals surface area contributed by atoms with Gasteiger partial charge in [-0.1, -0.05) is 17.3 Å². The number of hydrogen-bond donors (Lipinski definition) is 2. The Labute approximate surface area is 178 Å². The third-order valence-corrected chi connectivity index (χ3v) is 6.23. The van der Waals surface area contributed by atoms with E-state index in [9.17, 15) is 14.7 Å².